The Kier molecular flexibility index (Phi) is 7.69. The Bertz CT molecular complexity index is 735. The fourth-order valence-electron chi connectivity index (χ4n) is 3.06. The number of aryl methyl sites for hydroxylation is 2. The third-order valence-electron chi connectivity index (χ3n) is 4.52. The molecule has 1 fully saturated rings. The second kappa shape index (κ2) is 9.57. The lowest BCUT2D eigenvalue weighted by molar-refractivity contribution is 0.0904. The molecule has 1 aromatic heterocycles. The highest BCUT2D eigenvalue weighted by Crippen LogP contribution is 2.14. The summed E-state index contributed by atoms with van der Waals surface area (Å²) in [7, 11) is -1.55. The topological polar surface area (TPSA) is 87.4 Å². The van der Waals surface area contributed by atoms with Crippen molar-refractivity contribution in [1.29, 1.82) is 0 Å². The molecule has 0 bridgehead atoms. The van der Waals surface area contributed by atoms with Gasteiger partial charge >= 0.3 is 0 Å². The number of guanidine groups is 1. The lowest BCUT2D eigenvalue weighted by Crippen LogP contribution is -2.54. The van der Waals surface area contributed by atoms with Gasteiger partial charge < -0.3 is 19.4 Å². The van der Waals surface area contributed by atoms with Crippen molar-refractivity contribution < 1.29 is 17.6 Å². The van der Waals surface area contributed by atoms with E-state index in [0.29, 0.717) is 32.7 Å². The van der Waals surface area contributed by atoms with Crippen LogP contribution >= 0.6 is 0 Å². The van der Waals surface area contributed by atoms with Crippen molar-refractivity contribution in [3.8, 4) is 0 Å². The van der Waals surface area contributed by atoms with Gasteiger partial charge in [0.15, 0.2) is 5.96 Å². The molecule has 27 heavy (non-hydrogen) atoms. The Morgan fingerprint density at radius 3 is 2.48 bits per heavy atom. The van der Waals surface area contributed by atoms with Crippen molar-refractivity contribution in [1.82, 2.24) is 14.5 Å². The fourth-order valence-corrected chi connectivity index (χ4v) is 4.35. The normalized spacial score (nSPS) is 17.0. The van der Waals surface area contributed by atoms with Gasteiger partial charge in [0.1, 0.15) is 11.5 Å². The maximum absolute atomic E-state index is 12.4. The van der Waals surface area contributed by atoms with Crippen molar-refractivity contribution in [3.05, 3.63) is 23.2 Å². The van der Waals surface area contributed by atoms with E-state index in [-0.39, 0.29) is 18.5 Å². The van der Waals surface area contributed by atoms with Gasteiger partial charge in [0, 0.05) is 45.3 Å². The number of furan rings is 1. The minimum atomic E-state index is -3.28. The maximum Gasteiger partial charge on any atom is 0.216 e. The van der Waals surface area contributed by atoms with Gasteiger partial charge in [0.05, 0.1) is 18.5 Å². The molecular formula is C18H32N4O4S. The number of sulfonamides is 1. The van der Waals surface area contributed by atoms with Crippen LogP contribution in [0.25, 0.3) is 0 Å². The third kappa shape index (κ3) is 6.22. The van der Waals surface area contributed by atoms with Crippen LogP contribution in [0.2, 0.25) is 0 Å². The number of ether oxygens (including phenoxy) is 1. The molecule has 0 aromatic carbocycles. The van der Waals surface area contributed by atoms with E-state index in [9.17, 15) is 8.42 Å². The van der Waals surface area contributed by atoms with Crippen LogP contribution < -0.4 is 5.32 Å². The maximum atomic E-state index is 12.4. The third-order valence-corrected chi connectivity index (χ3v) is 6.35. The summed E-state index contributed by atoms with van der Waals surface area (Å²) in [6.45, 7) is 10.6. The molecule has 0 radical (unpaired) electrons. The SMILES string of the molecule is CN=C(NCc1cc(C)oc1C)N1CCN(S(=O)(=O)CCOC(C)C)CC1. The van der Waals surface area contributed by atoms with Crippen LogP contribution in [0.1, 0.15) is 30.9 Å². The Balaban J connectivity index is 1.85. The van der Waals surface area contributed by atoms with Gasteiger partial charge in [-0.05, 0) is 33.8 Å². The minimum Gasteiger partial charge on any atom is -0.466 e. The lowest BCUT2D eigenvalue weighted by atomic mass is 10.2. The molecule has 1 N–H and O–H groups in total. The van der Waals surface area contributed by atoms with E-state index < -0.39 is 10.0 Å². The first-order valence-corrected chi connectivity index (χ1v) is 10.9. The molecule has 0 spiro atoms. The summed E-state index contributed by atoms with van der Waals surface area (Å²) >= 11 is 0. The van der Waals surface area contributed by atoms with E-state index in [1.54, 1.807) is 11.4 Å². The summed E-state index contributed by atoms with van der Waals surface area (Å²) in [5.74, 6) is 2.58. The smallest absolute Gasteiger partial charge is 0.216 e. The van der Waals surface area contributed by atoms with Crippen molar-refractivity contribution in [2.45, 2.75) is 40.3 Å². The van der Waals surface area contributed by atoms with Crippen molar-refractivity contribution in [2.24, 2.45) is 4.99 Å². The number of rotatable bonds is 7. The second-order valence-corrected chi connectivity index (χ2v) is 9.05. The molecule has 1 aromatic rings. The van der Waals surface area contributed by atoms with Crippen molar-refractivity contribution in [2.75, 3.05) is 45.6 Å². The lowest BCUT2D eigenvalue weighted by Gasteiger charge is -2.35. The van der Waals surface area contributed by atoms with Crippen LogP contribution in [0, 0.1) is 13.8 Å². The van der Waals surface area contributed by atoms with E-state index in [2.05, 4.69) is 15.2 Å². The number of aliphatic imine (C=N–C) groups is 1. The summed E-state index contributed by atoms with van der Waals surface area (Å²) in [6.07, 6.45) is 0.0362. The summed E-state index contributed by atoms with van der Waals surface area (Å²) in [4.78, 5) is 6.41. The Hall–Kier alpha value is -1.58. The number of nitrogens with one attached hydrogen (secondary N) is 1. The van der Waals surface area contributed by atoms with Crippen LogP contribution in [0.4, 0.5) is 0 Å². The largest absolute Gasteiger partial charge is 0.466 e. The first kappa shape index (κ1) is 21.7. The average Bonchev–Trinajstić information content (AvgIpc) is 2.93. The summed E-state index contributed by atoms with van der Waals surface area (Å²) in [5, 5.41) is 3.34. The summed E-state index contributed by atoms with van der Waals surface area (Å²) in [5.41, 5.74) is 1.10. The van der Waals surface area contributed by atoms with Gasteiger partial charge in [-0.1, -0.05) is 0 Å². The van der Waals surface area contributed by atoms with Gasteiger partial charge in [-0.2, -0.15) is 4.31 Å². The zero-order valence-corrected chi connectivity index (χ0v) is 17.8. The van der Waals surface area contributed by atoms with Crippen LogP contribution in [0.5, 0.6) is 0 Å². The first-order chi connectivity index (χ1) is 12.7. The summed E-state index contributed by atoms with van der Waals surface area (Å²) < 4.78 is 37.3. The standard InChI is InChI=1S/C18H32N4O4S/c1-14(2)25-10-11-27(23,24)22-8-6-21(7-9-22)18(19-5)20-13-17-12-15(3)26-16(17)4/h12,14H,6-11,13H2,1-5H3,(H,19,20). The first-order valence-electron chi connectivity index (χ1n) is 9.34. The van der Waals surface area contributed by atoms with Gasteiger partial charge in [-0.15, -0.1) is 0 Å². The Morgan fingerprint density at radius 1 is 1.30 bits per heavy atom. The molecule has 0 unspecified atom stereocenters. The molecular weight excluding hydrogens is 368 g/mol. The zero-order valence-electron chi connectivity index (χ0n) is 17.0. The highest BCUT2D eigenvalue weighted by atomic mass is 32.2. The molecule has 154 valence electrons. The Labute approximate surface area is 162 Å². The van der Waals surface area contributed by atoms with E-state index >= 15 is 0 Å². The highest BCUT2D eigenvalue weighted by molar-refractivity contribution is 7.89. The molecule has 2 rings (SSSR count). The van der Waals surface area contributed by atoms with Gasteiger partial charge in [-0.25, -0.2) is 8.42 Å². The van der Waals surface area contributed by atoms with E-state index in [4.69, 9.17) is 9.15 Å². The number of nitrogens with zero attached hydrogens (tertiary/aromatic N) is 3. The molecule has 0 amide bonds. The van der Waals surface area contributed by atoms with Crippen LogP contribution in [-0.4, -0.2) is 75.3 Å². The van der Waals surface area contributed by atoms with Gasteiger partial charge in [0.2, 0.25) is 10.0 Å². The number of hydrogen-bond acceptors (Lipinski definition) is 5. The number of piperazine rings is 1. The highest BCUT2D eigenvalue weighted by Gasteiger charge is 2.28. The van der Waals surface area contributed by atoms with E-state index in [0.717, 1.165) is 23.0 Å². The molecule has 8 nitrogen and oxygen atoms in total. The average molecular weight is 401 g/mol. The van der Waals surface area contributed by atoms with E-state index in [1.165, 1.54) is 0 Å². The van der Waals surface area contributed by atoms with Gasteiger partial charge in [0.25, 0.3) is 0 Å². The molecule has 1 aliphatic heterocycles. The van der Waals surface area contributed by atoms with Crippen molar-refractivity contribution in [3.63, 3.8) is 0 Å². The van der Waals surface area contributed by atoms with Crippen molar-refractivity contribution >= 4 is 16.0 Å². The minimum absolute atomic E-state index is 0.0251. The predicted molar refractivity (Wildman–Crippen MR) is 106 cm³/mol. The van der Waals surface area contributed by atoms with Crippen LogP contribution in [0.3, 0.4) is 0 Å². The Morgan fingerprint density at radius 2 is 1.96 bits per heavy atom. The monoisotopic (exact) mass is 400 g/mol. The molecule has 0 atom stereocenters. The molecule has 9 heteroatoms. The van der Waals surface area contributed by atoms with Crippen LogP contribution in [-0.2, 0) is 21.3 Å². The number of hydrogen-bond donors (Lipinski definition) is 1. The second-order valence-electron chi connectivity index (χ2n) is 6.96. The fraction of sp³-hybridized carbons (Fsp3) is 0.722. The zero-order chi connectivity index (χ0) is 20.0. The van der Waals surface area contributed by atoms with Gasteiger partial charge in [-0.3, -0.25) is 4.99 Å². The molecule has 0 aliphatic carbocycles. The van der Waals surface area contributed by atoms with Crippen LogP contribution in [0.15, 0.2) is 15.5 Å². The molecule has 1 aliphatic rings. The van der Waals surface area contributed by atoms with E-state index in [1.807, 2.05) is 33.8 Å². The predicted octanol–water partition coefficient (Wildman–Crippen LogP) is 1.34. The molecule has 0 saturated carbocycles. The molecule has 1 saturated heterocycles. The summed E-state index contributed by atoms with van der Waals surface area (Å²) in [6, 6.07) is 2.01. The molecule has 2 heterocycles. The quantitative estimate of drug-likeness (QED) is 0.549.